The molecule has 0 amide bonds. The molecule has 1 atom stereocenters. The summed E-state index contributed by atoms with van der Waals surface area (Å²) in [6.45, 7) is 0.791. The molecule has 1 aromatic heterocycles. The Morgan fingerprint density at radius 2 is 1.76 bits per heavy atom. The van der Waals surface area contributed by atoms with E-state index in [0.717, 1.165) is 22.9 Å². The summed E-state index contributed by atoms with van der Waals surface area (Å²) in [5.41, 5.74) is 2.30. The van der Waals surface area contributed by atoms with Crippen molar-refractivity contribution in [2.45, 2.75) is 17.5 Å². The van der Waals surface area contributed by atoms with E-state index in [9.17, 15) is 0 Å². The van der Waals surface area contributed by atoms with E-state index in [0.29, 0.717) is 10.0 Å². The topological polar surface area (TPSA) is 17.8 Å². The number of aromatic nitrogens is 2. The molecular weight excluding hydrogens is 406 g/mol. The van der Waals surface area contributed by atoms with Crippen LogP contribution in [-0.4, -0.2) is 9.55 Å². The molecule has 1 unspecified atom stereocenters. The van der Waals surface area contributed by atoms with Crippen LogP contribution in [0.2, 0.25) is 15.1 Å². The van der Waals surface area contributed by atoms with Crippen molar-refractivity contribution in [3.8, 4) is 0 Å². The van der Waals surface area contributed by atoms with Crippen molar-refractivity contribution in [3.05, 3.63) is 87.4 Å². The van der Waals surface area contributed by atoms with E-state index < -0.39 is 0 Å². The summed E-state index contributed by atoms with van der Waals surface area (Å²) >= 11 is 20.2. The number of imidazole rings is 1. The number of thioether (sulfide) groups is 1. The molecule has 0 spiro atoms. The molecule has 25 heavy (non-hydrogen) atoms. The minimum Gasteiger partial charge on any atom is -1.00 e. The van der Waals surface area contributed by atoms with Crippen molar-refractivity contribution in [3.63, 3.8) is 0 Å². The second kappa shape index (κ2) is 10.3. The summed E-state index contributed by atoms with van der Waals surface area (Å²) in [5.74, 6) is 0.871. The fraction of sp³-hybridized carbons (Fsp3) is 0.167. The second-order valence-electron chi connectivity index (χ2n) is 5.35. The van der Waals surface area contributed by atoms with Gasteiger partial charge in [0.2, 0.25) is 0 Å². The molecule has 0 N–H and O–H groups in total. The van der Waals surface area contributed by atoms with Gasteiger partial charge in [0, 0.05) is 45.0 Å². The average Bonchev–Trinajstić information content (AvgIpc) is 3.06. The van der Waals surface area contributed by atoms with Crippen LogP contribution in [0.4, 0.5) is 0 Å². The van der Waals surface area contributed by atoms with Crippen LogP contribution in [0.15, 0.2) is 61.2 Å². The molecule has 0 aliphatic carbocycles. The maximum atomic E-state index is 6.43. The third kappa shape index (κ3) is 6.21. The van der Waals surface area contributed by atoms with Gasteiger partial charge in [-0.05, 0) is 35.4 Å². The Bertz CT molecular complexity index is 801. The average molecular weight is 422 g/mol. The summed E-state index contributed by atoms with van der Waals surface area (Å²) in [4.78, 5) is 4.12. The van der Waals surface area contributed by atoms with Crippen LogP contribution >= 0.6 is 46.6 Å². The standard InChI is InChI=1S/C18H15Cl3N2S.Na.H/c19-14-3-1-13(2-4-14)11-24-18(10-23-8-7-22-12-23)16-6-5-15(20)9-17(16)21;;/h1-9,12,18H,10-11H2;;/q;+1;-1. The number of hydrogen-bond donors (Lipinski definition) is 0. The zero-order valence-electron chi connectivity index (χ0n) is 14.7. The Morgan fingerprint density at radius 1 is 1.04 bits per heavy atom. The van der Waals surface area contributed by atoms with Gasteiger partial charge >= 0.3 is 29.6 Å². The van der Waals surface area contributed by atoms with E-state index in [1.54, 1.807) is 12.3 Å². The Kier molecular flexibility index (Phi) is 8.70. The minimum absolute atomic E-state index is 0. The molecule has 126 valence electrons. The van der Waals surface area contributed by atoms with Crippen molar-refractivity contribution in [1.29, 1.82) is 0 Å². The monoisotopic (exact) mass is 420 g/mol. The predicted molar refractivity (Wildman–Crippen MR) is 105 cm³/mol. The fourth-order valence-corrected chi connectivity index (χ4v) is 4.35. The minimum atomic E-state index is 0. The van der Waals surface area contributed by atoms with Crippen LogP contribution in [-0.2, 0) is 12.3 Å². The first kappa shape index (κ1) is 21.2. The van der Waals surface area contributed by atoms with E-state index in [1.807, 2.05) is 60.7 Å². The molecule has 3 aromatic rings. The molecule has 0 bridgehead atoms. The van der Waals surface area contributed by atoms with Gasteiger partial charge < -0.3 is 5.99 Å². The summed E-state index contributed by atoms with van der Waals surface area (Å²) in [6.07, 6.45) is 5.56. The Hall–Kier alpha value is -0.130. The normalized spacial score (nSPS) is 11.8. The van der Waals surface area contributed by atoms with Crippen LogP contribution in [0.25, 0.3) is 0 Å². The molecule has 0 aliphatic rings. The molecule has 0 saturated carbocycles. The van der Waals surface area contributed by atoms with E-state index in [1.165, 1.54) is 5.56 Å². The summed E-state index contributed by atoms with van der Waals surface area (Å²) < 4.78 is 2.06. The van der Waals surface area contributed by atoms with Crippen molar-refractivity contribution in [2.24, 2.45) is 0 Å². The van der Waals surface area contributed by atoms with Crippen LogP contribution in [0.3, 0.4) is 0 Å². The first-order valence-electron chi connectivity index (χ1n) is 7.38. The molecule has 3 rings (SSSR count). The maximum Gasteiger partial charge on any atom is 1.00 e. The van der Waals surface area contributed by atoms with Crippen LogP contribution in [0.1, 0.15) is 17.8 Å². The van der Waals surface area contributed by atoms with Gasteiger partial charge in [-0.2, -0.15) is 0 Å². The molecular formula is C18H16Cl3N2NaS. The van der Waals surface area contributed by atoms with Crippen LogP contribution in [0, 0.1) is 0 Å². The smallest absolute Gasteiger partial charge is 1.00 e. The second-order valence-corrected chi connectivity index (χ2v) is 7.82. The SMILES string of the molecule is Clc1ccc(CSC(Cn2ccnc2)c2ccc(Cl)cc2Cl)cc1.[H-].[Na+]. The molecule has 1 heterocycles. The van der Waals surface area contributed by atoms with Gasteiger partial charge in [0.05, 0.1) is 6.33 Å². The van der Waals surface area contributed by atoms with E-state index in [-0.39, 0.29) is 36.2 Å². The van der Waals surface area contributed by atoms with Crippen molar-refractivity contribution in [2.75, 3.05) is 0 Å². The molecule has 0 saturated heterocycles. The van der Waals surface area contributed by atoms with E-state index >= 15 is 0 Å². The van der Waals surface area contributed by atoms with Gasteiger partial charge in [0.25, 0.3) is 0 Å². The van der Waals surface area contributed by atoms with E-state index in [2.05, 4.69) is 9.55 Å². The summed E-state index contributed by atoms with van der Waals surface area (Å²) in [7, 11) is 0. The molecule has 0 radical (unpaired) electrons. The first-order chi connectivity index (χ1) is 11.6. The summed E-state index contributed by atoms with van der Waals surface area (Å²) in [5, 5.41) is 2.28. The molecule has 2 aromatic carbocycles. The van der Waals surface area contributed by atoms with Gasteiger partial charge in [-0.1, -0.05) is 53.0 Å². The largest absolute Gasteiger partial charge is 1.00 e. The Morgan fingerprint density at radius 3 is 2.40 bits per heavy atom. The zero-order valence-corrected chi connectivity index (χ0v) is 18.8. The van der Waals surface area contributed by atoms with Crippen molar-refractivity contribution >= 4 is 46.6 Å². The van der Waals surface area contributed by atoms with Crippen LogP contribution in [0.5, 0.6) is 0 Å². The quantitative estimate of drug-likeness (QED) is 0.566. The third-order valence-corrected chi connectivity index (χ3v) is 5.73. The first-order valence-corrected chi connectivity index (χ1v) is 9.57. The third-order valence-electron chi connectivity index (χ3n) is 3.61. The fourth-order valence-electron chi connectivity index (χ4n) is 2.37. The van der Waals surface area contributed by atoms with Gasteiger partial charge in [-0.25, -0.2) is 4.98 Å². The number of hydrogen-bond acceptors (Lipinski definition) is 2. The molecule has 7 heteroatoms. The Labute approximate surface area is 190 Å². The van der Waals surface area contributed by atoms with Gasteiger partial charge in [-0.15, -0.1) is 11.8 Å². The van der Waals surface area contributed by atoms with E-state index in [4.69, 9.17) is 34.8 Å². The number of nitrogens with zero attached hydrogens (tertiary/aromatic N) is 2. The van der Waals surface area contributed by atoms with Gasteiger partial charge in [0.1, 0.15) is 0 Å². The maximum absolute atomic E-state index is 6.43. The number of rotatable bonds is 6. The molecule has 2 nitrogen and oxygen atoms in total. The zero-order chi connectivity index (χ0) is 16.9. The van der Waals surface area contributed by atoms with Crippen LogP contribution < -0.4 is 29.6 Å². The van der Waals surface area contributed by atoms with Crippen molar-refractivity contribution in [1.82, 2.24) is 9.55 Å². The number of halogens is 3. The Balaban J connectivity index is 0.00000169. The van der Waals surface area contributed by atoms with Gasteiger partial charge in [-0.3, -0.25) is 0 Å². The van der Waals surface area contributed by atoms with Crippen molar-refractivity contribution < 1.29 is 31.0 Å². The van der Waals surface area contributed by atoms with Gasteiger partial charge in [0.15, 0.2) is 0 Å². The molecule has 0 aliphatic heterocycles. The molecule has 0 fully saturated rings. The predicted octanol–water partition coefficient (Wildman–Crippen LogP) is 3.63. The number of benzene rings is 2. The summed E-state index contributed by atoms with van der Waals surface area (Å²) in [6, 6.07) is 13.6.